The van der Waals surface area contributed by atoms with Gasteiger partial charge in [-0.2, -0.15) is 0 Å². The summed E-state index contributed by atoms with van der Waals surface area (Å²) in [6.07, 6.45) is 32.5. The lowest BCUT2D eigenvalue weighted by Crippen LogP contribution is -2.35. The van der Waals surface area contributed by atoms with E-state index < -0.39 is 0 Å². The molecule has 1 aromatic carbocycles. The summed E-state index contributed by atoms with van der Waals surface area (Å²) in [4.78, 5) is 20.4. The summed E-state index contributed by atoms with van der Waals surface area (Å²) in [5, 5.41) is 2.86. The molecule has 3 atom stereocenters. The molecule has 3 unspecified atom stereocenters. The lowest BCUT2D eigenvalue weighted by atomic mass is 9.85. The third kappa shape index (κ3) is 30.3. The second-order valence-corrected chi connectivity index (χ2v) is 32.1. The fourth-order valence-electron chi connectivity index (χ4n) is 13.2. The minimum atomic E-state index is 0.287. The predicted octanol–water partition coefficient (Wildman–Crippen LogP) is 26.5. The fraction of sp³-hybridized carbons (Fsp3) is 0.622. The van der Waals surface area contributed by atoms with E-state index in [1.54, 1.807) is 11.8 Å². The van der Waals surface area contributed by atoms with E-state index in [0.29, 0.717) is 40.8 Å². The highest BCUT2D eigenvalue weighted by atomic mass is 32.2. The van der Waals surface area contributed by atoms with Crippen molar-refractivity contribution in [1.82, 2.24) is 19.9 Å². The number of aromatic nitrogens is 3. The van der Waals surface area contributed by atoms with E-state index in [1.165, 1.54) is 169 Å². The van der Waals surface area contributed by atoms with Crippen LogP contribution in [0.1, 0.15) is 311 Å². The summed E-state index contributed by atoms with van der Waals surface area (Å²) < 4.78 is 5.27. The van der Waals surface area contributed by atoms with Crippen molar-refractivity contribution in [2.75, 3.05) is 13.1 Å². The van der Waals surface area contributed by atoms with Crippen molar-refractivity contribution in [2.45, 2.75) is 328 Å². The van der Waals surface area contributed by atoms with E-state index in [0.717, 1.165) is 30.2 Å². The van der Waals surface area contributed by atoms with Crippen LogP contribution in [0.25, 0.3) is 0 Å². The Hall–Kier alpha value is -5.11. The first-order valence-corrected chi connectivity index (χ1v) is 38.7. The first kappa shape index (κ1) is 89.9. The molecule has 97 heavy (non-hydrogen) atoms. The van der Waals surface area contributed by atoms with Gasteiger partial charge in [0.2, 0.25) is 0 Å². The summed E-state index contributed by atoms with van der Waals surface area (Å²) >= 11 is 1.90. The number of benzene rings is 1. The average molecular weight is 1350 g/mol. The number of allylic oxidation sites excluding steroid dienone is 7. The highest BCUT2D eigenvalue weighted by Crippen LogP contribution is 2.32. The van der Waals surface area contributed by atoms with Gasteiger partial charge in [0, 0.05) is 63.8 Å². The van der Waals surface area contributed by atoms with Gasteiger partial charge in [-0.3, -0.25) is 19.9 Å². The average Bonchev–Trinajstić information content (AvgIpc) is 1.69. The number of aliphatic imine (C=N–C) groups is 1. The fourth-order valence-corrected chi connectivity index (χ4v) is 14.0. The highest BCUT2D eigenvalue weighted by Gasteiger charge is 2.18. The standard InChI is InChI=1S/C14H22.3C12H19N.C9H16.C8H17N.C8H12O.C8H12S.C7H11N/c1-8(2)14-12(6)10(4)9(3)11(5)13(14)7;1-7(2)12-8(3)10(5)13-11(6)9(12)4;1-7(2)12-9(4)8(3)10(5)13-11(12)6;1-7(2)12-10(5)8(3)9(4)11(6)13-12;2*1-8(2)9-6-4-3-5-7-9;2*1-7(2)8-5-3-4-6-9-8;1-6(2)7-4-3-5-8-7/h8H,1-7H3;3*7H,1-6H3;3-4,8-9H,5-7H2,1-2H3;8H,3-7H2,1-2H3;2*3-8H,1-2H3;3,5-6H,4H2,1-2H3. The zero-order chi connectivity index (χ0) is 74.3. The van der Waals surface area contributed by atoms with Gasteiger partial charge in [0.1, 0.15) is 6.10 Å². The topological polar surface area (TPSA) is 63.5 Å². The van der Waals surface area contributed by atoms with Gasteiger partial charge in [0.15, 0.2) is 0 Å². The minimum Gasteiger partial charge on any atom is -0.494 e. The van der Waals surface area contributed by atoms with Gasteiger partial charge in [-0.25, -0.2) is 0 Å². The molecule has 7 heteroatoms. The van der Waals surface area contributed by atoms with Gasteiger partial charge < -0.3 is 9.64 Å². The van der Waals surface area contributed by atoms with Crippen LogP contribution in [0.15, 0.2) is 77.5 Å². The van der Waals surface area contributed by atoms with Crippen molar-refractivity contribution < 1.29 is 4.74 Å². The maximum Gasteiger partial charge on any atom is 0.118 e. The Morgan fingerprint density at radius 2 is 0.876 bits per heavy atom. The molecule has 544 valence electrons. The second-order valence-electron chi connectivity index (χ2n) is 31.0. The van der Waals surface area contributed by atoms with Crippen molar-refractivity contribution in [3.8, 4) is 0 Å². The van der Waals surface area contributed by atoms with E-state index in [-0.39, 0.29) is 6.10 Å². The van der Waals surface area contributed by atoms with Crippen molar-refractivity contribution in [1.29, 1.82) is 0 Å². The third-order valence-electron chi connectivity index (χ3n) is 20.6. The molecule has 0 saturated carbocycles. The van der Waals surface area contributed by atoms with Crippen molar-refractivity contribution in [2.24, 2.45) is 34.6 Å². The van der Waals surface area contributed by atoms with Crippen LogP contribution in [-0.4, -0.2) is 56.0 Å². The van der Waals surface area contributed by atoms with Crippen LogP contribution in [0.5, 0.6) is 0 Å². The molecule has 0 N–H and O–H groups in total. The number of pyridine rings is 3. The number of aryl methyl sites for hydroxylation is 5. The second kappa shape index (κ2) is 45.6. The molecule has 0 spiro atoms. The Morgan fingerprint density at radius 3 is 1.23 bits per heavy atom. The number of rotatable bonds is 9. The molecule has 1 fully saturated rings. The quantitative estimate of drug-likeness (QED) is 0.156. The molecule has 1 aliphatic carbocycles. The summed E-state index contributed by atoms with van der Waals surface area (Å²) in [6.45, 7) is 79.8. The summed E-state index contributed by atoms with van der Waals surface area (Å²) in [5.41, 5.74) is 29.8. The molecule has 0 bridgehead atoms. The number of ether oxygens (including phenoxy) is 1. The predicted molar refractivity (Wildman–Crippen MR) is 436 cm³/mol. The molecule has 0 radical (unpaired) electrons. The van der Waals surface area contributed by atoms with Crippen molar-refractivity contribution >= 4 is 17.5 Å². The Balaban J connectivity index is 0.000000549. The first-order valence-electron chi connectivity index (χ1n) is 37.7. The van der Waals surface area contributed by atoms with E-state index in [2.05, 4.69) is 315 Å². The van der Waals surface area contributed by atoms with Gasteiger partial charge in [0.25, 0.3) is 0 Å². The Labute approximate surface area is 604 Å². The van der Waals surface area contributed by atoms with Crippen LogP contribution in [0, 0.1) is 147 Å². The smallest absolute Gasteiger partial charge is 0.118 e. The molecular formula is C90H147N5OS. The molecule has 4 aliphatic heterocycles. The van der Waals surface area contributed by atoms with Crippen molar-refractivity contribution in [3.63, 3.8) is 0 Å². The number of hydrogen-bond acceptors (Lipinski definition) is 7. The summed E-state index contributed by atoms with van der Waals surface area (Å²) in [5.74, 6) is 6.15. The minimum absolute atomic E-state index is 0.287. The van der Waals surface area contributed by atoms with Gasteiger partial charge >= 0.3 is 0 Å². The lowest BCUT2D eigenvalue weighted by molar-refractivity contribution is 0.140. The monoisotopic (exact) mass is 1350 g/mol. The van der Waals surface area contributed by atoms with Gasteiger partial charge in [-0.1, -0.05) is 160 Å². The molecule has 4 aromatic rings. The molecule has 6 nitrogen and oxygen atoms in total. The SMILES string of the molecule is CC(C)C1=NC=CC1.CC(C)C1C=CC=CO1.CC(C)C1C=CC=CS1.CC(C)C1CC=CCC1.CC(C)N1CCCCC1.Cc1c(C)c(C)c(C(C)C)c(C)c1C.Cc1nc(C(C)C)c(C)c(C)c1C.Cc1nc(C)c(C(C)C)c(C)c1C.Cc1nc(C)c(C)c(C(C)C)c1C. The molecule has 0 amide bonds. The largest absolute Gasteiger partial charge is 0.494 e. The van der Waals surface area contributed by atoms with Crippen LogP contribution < -0.4 is 0 Å². The molecule has 5 aliphatic rings. The Kier molecular flexibility index (Phi) is 42.3. The normalized spacial score (nSPS) is 16.8. The van der Waals surface area contributed by atoms with Gasteiger partial charge in [-0.05, 0) is 331 Å². The lowest BCUT2D eigenvalue weighted by Gasteiger charge is -2.29. The number of hydrogen-bond donors (Lipinski definition) is 0. The van der Waals surface area contributed by atoms with Crippen LogP contribution in [0.4, 0.5) is 0 Å². The van der Waals surface area contributed by atoms with Gasteiger partial charge in [-0.15, -0.1) is 11.8 Å². The molecule has 3 aromatic heterocycles. The maximum atomic E-state index is 5.27. The summed E-state index contributed by atoms with van der Waals surface area (Å²) in [6, 6.07) is 0.769. The van der Waals surface area contributed by atoms with Crippen molar-refractivity contribution in [3.05, 3.63) is 190 Å². The summed E-state index contributed by atoms with van der Waals surface area (Å²) in [7, 11) is 0. The molecular weight excluding hydrogens is 1200 g/mol. The first-order chi connectivity index (χ1) is 45.2. The zero-order valence-electron chi connectivity index (χ0n) is 69.3. The zero-order valence-corrected chi connectivity index (χ0v) is 70.1. The molecule has 1 saturated heterocycles. The Bertz CT molecular complexity index is 3130. The molecule has 7 heterocycles. The van der Waals surface area contributed by atoms with Crippen LogP contribution in [0.2, 0.25) is 0 Å². The third-order valence-corrected chi connectivity index (χ3v) is 21.9. The van der Waals surface area contributed by atoms with E-state index in [4.69, 9.17) is 4.74 Å². The van der Waals surface area contributed by atoms with E-state index in [1.807, 2.05) is 30.1 Å². The molecule has 9 rings (SSSR count). The van der Waals surface area contributed by atoms with Gasteiger partial charge in [0.05, 0.1) is 6.26 Å². The van der Waals surface area contributed by atoms with Crippen LogP contribution in [-0.2, 0) is 4.74 Å². The number of piperidine rings is 1. The maximum absolute atomic E-state index is 5.27. The highest BCUT2D eigenvalue weighted by molar-refractivity contribution is 8.02. The van der Waals surface area contributed by atoms with E-state index in [9.17, 15) is 0 Å². The Morgan fingerprint density at radius 1 is 0.412 bits per heavy atom. The van der Waals surface area contributed by atoms with Crippen LogP contribution in [0.3, 0.4) is 0 Å². The number of nitrogens with zero attached hydrogens (tertiary/aromatic N) is 5. The van der Waals surface area contributed by atoms with E-state index >= 15 is 0 Å². The number of likely N-dealkylation sites (tertiary alicyclic amines) is 1. The number of thioether (sulfide) groups is 1. The van der Waals surface area contributed by atoms with Crippen LogP contribution >= 0.6 is 11.8 Å².